The Balaban J connectivity index is 1.80. The predicted molar refractivity (Wildman–Crippen MR) is 78.2 cm³/mol. The lowest BCUT2D eigenvalue weighted by molar-refractivity contribution is -0.0186. The summed E-state index contributed by atoms with van der Waals surface area (Å²) in [5.74, 6) is -0.134. The average Bonchev–Trinajstić information content (AvgIpc) is 3.16. The van der Waals surface area contributed by atoms with Gasteiger partial charge in [0.1, 0.15) is 10.7 Å². The minimum absolute atomic E-state index is 0.0900. The molecule has 0 aliphatic carbocycles. The molecule has 2 aromatic rings. The normalized spacial score (nSPS) is 19.2. The van der Waals surface area contributed by atoms with Gasteiger partial charge in [-0.1, -0.05) is 0 Å². The largest absolute Gasteiger partial charge is 0.394 e. The third-order valence-electron chi connectivity index (χ3n) is 3.19. The molecule has 0 radical (unpaired) electrons. The molecule has 0 bridgehead atoms. The quantitative estimate of drug-likeness (QED) is 0.937. The molecule has 1 fully saturated rings. The number of carbonyl (C=O) groups excluding carboxylic acids is 1. The number of rotatable bonds is 3. The summed E-state index contributed by atoms with van der Waals surface area (Å²) >= 11 is 3.07. The Morgan fingerprint density at radius 3 is 3.20 bits per heavy atom. The number of morpholine rings is 1. The van der Waals surface area contributed by atoms with E-state index < -0.39 is 0 Å². The van der Waals surface area contributed by atoms with Crippen molar-refractivity contribution in [1.29, 1.82) is 0 Å². The summed E-state index contributed by atoms with van der Waals surface area (Å²) in [4.78, 5) is 18.5. The summed E-state index contributed by atoms with van der Waals surface area (Å²) in [6, 6.07) is 1.71. The number of thiazole rings is 1. The van der Waals surface area contributed by atoms with E-state index >= 15 is 0 Å². The minimum atomic E-state index is -0.275. The van der Waals surface area contributed by atoms with E-state index in [1.165, 1.54) is 11.3 Å². The Bertz CT molecular complexity index is 582. The number of nitrogens with zero attached hydrogens (tertiary/aromatic N) is 2. The highest BCUT2D eigenvalue weighted by molar-refractivity contribution is 7.14. The van der Waals surface area contributed by atoms with Gasteiger partial charge in [0.2, 0.25) is 0 Å². The van der Waals surface area contributed by atoms with Crippen LogP contribution < -0.4 is 0 Å². The first-order valence-electron chi connectivity index (χ1n) is 6.27. The molecule has 1 atom stereocenters. The van der Waals surface area contributed by atoms with Crippen molar-refractivity contribution in [3.05, 3.63) is 27.9 Å². The Labute approximate surface area is 124 Å². The molecular formula is C13H14N2O3S2. The number of hydrogen-bond donors (Lipinski definition) is 1. The molecule has 1 saturated heterocycles. The van der Waals surface area contributed by atoms with Gasteiger partial charge in [-0.15, -0.1) is 11.3 Å². The van der Waals surface area contributed by atoms with Crippen LogP contribution in [0.15, 0.2) is 22.2 Å². The molecule has 1 amide bonds. The number of aliphatic hydroxyl groups excluding tert-OH is 1. The second kappa shape index (κ2) is 6.01. The van der Waals surface area contributed by atoms with Crippen molar-refractivity contribution in [2.45, 2.75) is 6.04 Å². The standard InChI is InChI=1S/C13H14N2O3S2/c16-5-10-6-18-3-2-15(10)13(17)11-8-20-12(14-11)9-1-4-19-7-9/h1,4,7-8,10,16H,2-3,5-6H2. The smallest absolute Gasteiger partial charge is 0.273 e. The zero-order chi connectivity index (χ0) is 13.9. The lowest BCUT2D eigenvalue weighted by atomic mass is 10.2. The SMILES string of the molecule is O=C(c1csc(-c2ccsc2)n1)N1CCOCC1CO. The van der Waals surface area contributed by atoms with Crippen LogP contribution in [0.25, 0.3) is 10.6 Å². The fourth-order valence-electron chi connectivity index (χ4n) is 2.11. The molecule has 1 N–H and O–H groups in total. The maximum Gasteiger partial charge on any atom is 0.273 e. The summed E-state index contributed by atoms with van der Waals surface area (Å²) < 4.78 is 5.28. The lowest BCUT2D eigenvalue weighted by Crippen LogP contribution is -2.50. The summed E-state index contributed by atoms with van der Waals surface area (Å²) in [7, 11) is 0. The first-order valence-corrected chi connectivity index (χ1v) is 8.09. The van der Waals surface area contributed by atoms with Crippen LogP contribution in [0.4, 0.5) is 0 Å². The fourth-order valence-corrected chi connectivity index (χ4v) is 3.62. The summed E-state index contributed by atoms with van der Waals surface area (Å²) in [5, 5.41) is 16.0. The first-order chi connectivity index (χ1) is 9.79. The number of aromatic nitrogens is 1. The molecular weight excluding hydrogens is 296 g/mol. The molecule has 7 heteroatoms. The number of ether oxygens (including phenoxy) is 1. The molecule has 1 aliphatic rings. The highest BCUT2D eigenvalue weighted by Crippen LogP contribution is 2.26. The first kappa shape index (κ1) is 13.7. The topological polar surface area (TPSA) is 62.7 Å². The van der Waals surface area contributed by atoms with Crippen LogP contribution in [0.1, 0.15) is 10.5 Å². The van der Waals surface area contributed by atoms with Gasteiger partial charge in [-0.05, 0) is 11.4 Å². The van der Waals surface area contributed by atoms with E-state index in [0.717, 1.165) is 10.6 Å². The Kier molecular flexibility index (Phi) is 4.11. The van der Waals surface area contributed by atoms with Crippen LogP contribution >= 0.6 is 22.7 Å². The maximum atomic E-state index is 12.5. The number of carbonyl (C=O) groups is 1. The van der Waals surface area contributed by atoms with E-state index in [1.54, 1.807) is 21.6 Å². The van der Waals surface area contributed by atoms with Gasteiger partial charge in [0.05, 0.1) is 25.9 Å². The molecule has 1 aliphatic heterocycles. The monoisotopic (exact) mass is 310 g/mol. The van der Waals surface area contributed by atoms with E-state index in [4.69, 9.17) is 4.74 Å². The van der Waals surface area contributed by atoms with Crippen molar-refractivity contribution in [3.63, 3.8) is 0 Å². The fraction of sp³-hybridized carbons (Fsp3) is 0.385. The van der Waals surface area contributed by atoms with Crippen molar-refractivity contribution in [3.8, 4) is 10.6 Å². The number of aliphatic hydroxyl groups is 1. The van der Waals surface area contributed by atoms with E-state index in [-0.39, 0.29) is 18.6 Å². The van der Waals surface area contributed by atoms with Gasteiger partial charge in [0.15, 0.2) is 0 Å². The maximum absolute atomic E-state index is 12.5. The Morgan fingerprint density at radius 1 is 1.55 bits per heavy atom. The highest BCUT2D eigenvalue weighted by Gasteiger charge is 2.28. The molecule has 0 spiro atoms. The van der Waals surface area contributed by atoms with Crippen LogP contribution in [0, 0.1) is 0 Å². The molecule has 0 aromatic carbocycles. The Hall–Kier alpha value is -1.28. The molecule has 0 saturated carbocycles. The second-order valence-corrected chi connectivity index (χ2v) is 6.10. The van der Waals surface area contributed by atoms with Gasteiger partial charge in [-0.3, -0.25) is 4.79 Å². The van der Waals surface area contributed by atoms with Gasteiger partial charge in [0, 0.05) is 22.9 Å². The molecule has 1 unspecified atom stereocenters. The minimum Gasteiger partial charge on any atom is -0.394 e. The van der Waals surface area contributed by atoms with Crippen molar-refractivity contribution < 1.29 is 14.6 Å². The number of thiophene rings is 1. The molecule has 2 aromatic heterocycles. The predicted octanol–water partition coefficient (Wildman–Crippen LogP) is 1.70. The van der Waals surface area contributed by atoms with E-state index in [1.807, 2.05) is 16.8 Å². The van der Waals surface area contributed by atoms with Gasteiger partial charge in [0.25, 0.3) is 5.91 Å². The molecule has 20 heavy (non-hydrogen) atoms. The number of amides is 1. The zero-order valence-electron chi connectivity index (χ0n) is 10.7. The van der Waals surface area contributed by atoms with Crippen molar-refractivity contribution in [2.75, 3.05) is 26.4 Å². The van der Waals surface area contributed by atoms with Crippen LogP contribution in [0.3, 0.4) is 0 Å². The van der Waals surface area contributed by atoms with Crippen LogP contribution in [0.5, 0.6) is 0 Å². The summed E-state index contributed by atoms with van der Waals surface area (Å²) in [6.07, 6.45) is 0. The second-order valence-electron chi connectivity index (χ2n) is 4.46. The van der Waals surface area contributed by atoms with Gasteiger partial charge in [-0.25, -0.2) is 4.98 Å². The van der Waals surface area contributed by atoms with Crippen molar-refractivity contribution >= 4 is 28.6 Å². The zero-order valence-corrected chi connectivity index (χ0v) is 12.3. The average molecular weight is 310 g/mol. The Morgan fingerprint density at radius 2 is 2.45 bits per heavy atom. The number of hydrogen-bond acceptors (Lipinski definition) is 6. The molecule has 3 heterocycles. The van der Waals surface area contributed by atoms with Crippen LogP contribution in [-0.4, -0.2) is 53.3 Å². The highest BCUT2D eigenvalue weighted by atomic mass is 32.1. The lowest BCUT2D eigenvalue weighted by Gasteiger charge is -2.33. The summed E-state index contributed by atoms with van der Waals surface area (Å²) in [6.45, 7) is 1.29. The summed E-state index contributed by atoms with van der Waals surface area (Å²) in [5.41, 5.74) is 1.48. The third kappa shape index (κ3) is 2.62. The molecule has 106 valence electrons. The van der Waals surface area contributed by atoms with Crippen molar-refractivity contribution in [2.24, 2.45) is 0 Å². The van der Waals surface area contributed by atoms with Gasteiger partial charge >= 0.3 is 0 Å². The van der Waals surface area contributed by atoms with Crippen molar-refractivity contribution in [1.82, 2.24) is 9.88 Å². The van der Waals surface area contributed by atoms with Crippen LogP contribution in [0.2, 0.25) is 0 Å². The molecule has 3 rings (SSSR count). The van der Waals surface area contributed by atoms with Gasteiger partial charge in [-0.2, -0.15) is 11.3 Å². The molecule has 5 nitrogen and oxygen atoms in total. The van der Waals surface area contributed by atoms with Crippen LogP contribution in [-0.2, 0) is 4.74 Å². The van der Waals surface area contributed by atoms with Gasteiger partial charge < -0.3 is 14.7 Å². The van der Waals surface area contributed by atoms with E-state index in [9.17, 15) is 9.90 Å². The third-order valence-corrected chi connectivity index (χ3v) is 4.77. The van der Waals surface area contributed by atoms with E-state index in [0.29, 0.717) is 25.5 Å². The van der Waals surface area contributed by atoms with E-state index in [2.05, 4.69) is 4.98 Å².